The molecule has 0 aromatic heterocycles. The Kier molecular flexibility index (Phi) is 4.19. The molecule has 1 aliphatic carbocycles. The lowest BCUT2D eigenvalue weighted by molar-refractivity contribution is 0.586. The summed E-state index contributed by atoms with van der Waals surface area (Å²) >= 11 is 6.05. The molecule has 0 spiro atoms. The number of halogens is 2. The summed E-state index contributed by atoms with van der Waals surface area (Å²) in [5.41, 5.74) is 4.00. The van der Waals surface area contributed by atoms with Crippen LogP contribution in [-0.4, -0.2) is 7.05 Å². The Bertz CT molecular complexity index is 576. The van der Waals surface area contributed by atoms with Gasteiger partial charge in [0.1, 0.15) is 0 Å². The maximum atomic E-state index is 6.05. The highest BCUT2D eigenvalue weighted by Crippen LogP contribution is 2.45. The summed E-state index contributed by atoms with van der Waals surface area (Å²) in [5.74, 6) is 0. The number of nitrogens with one attached hydrogen (secondary N) is 1. The van der Waals surface area contributed by atoms with Crippen molar-refractivity contribution in [3.8, 4) is 11.1 Å². The first-order chi connectivity index (χ1) is 8.73. The van der Waals surface area contributed by atoms with Crippen molar-refractivity contribution >= 4 is 24.0 Å². The average molecular weight is 294 g/mol. The van der Waals surface area contributed by atoms with E-state index in [0.29, 0.717) is 0 Å². The lowest BCUT2D eigenvalue weighted by Gasteiger charge is -2.15. The van der Waals surface area contributed by atoms with Crippen molar-refractivity contribution in [2.45, 2.75) is 18.4 Å². The van der Waals surface area contributed by atoms with Gasteiger partial charge in [-0.15, -0.1) is 12.4 Å². The first-order valence-corrected chi connectivity index (χ1v) is 6.67. The van der Waals surface area contributed by atoms with E-state index in [2.05, 4.69) is 35.6 Å². The van der Waals surface area contributed by atoms with E-state index in [1.807, 2.05) is 25.2 Å². The quantitative estimate of drug-likeness (QED) is 0.869. The van der Waals surface area contributed by atoms with Gasteiger partial charge in [-0.25, -0.2) is 0 Å². The third-order valence-corrected chi connectivity index (χ3v) is 4.04. The molecule has 0 heterocycles. The molecule has 0 unspecified atom stereocenters. The van der Waals surface area contributed by atoms with Crippen LogP contribution < -0.4 is 5.32 Å². The van der Waals surface area contributed by atoms with Crippen LogP contribution in [0.3, 0.4) is 0 Å². The van der Waals surface area contributed by atoms with Crippen LogP contribution in [0.5, 0.6) is 0 Å². The van der Waals surface area contributed by atoms with Gasteiger partial charge >= 0.3 is 0 Å². The molecule has 1 N–H and O–H groups in total. The summed E-state index contributed by atoms with van der Waals surface area (Å²) in [5, 5.41) is 4.22. The maximum absolute atomic E-state index is 6.05. The first-order valence-electron chi connectivity index (χ1n) is 6.29. The van der Waals surface area contributed by atoms with Crippen LogP contribution >= 0.6 is 24.0 Å². The van der Waals surface area contributed by atoms with Gasteiger partial charge in [0.2, 0.25) is 0 Å². The fourth-order valence-electron chi connectivity index (χ4n) is 2.47. The summed E-state index contributed by atoms with van der Waals surface area (Å²) in [6.45, 7) is 0. The zero-order valence-electron chi connectivity index (χ0n) is 10.8. The van der Waals surface area contributed by atoms with Crippen molar-refractivity contribution in [2.75, 3.05) is 7.05 Å². The Labute approximate surface area is 125 Å². The highest BCUT2D eigenvalue weighted by molar-refractivity contribution is 6.30. The second-order valence-corrected chi connectivity index (χ2v) is 5.36. The predicted octanol–water partition coefficient (Wildman–Crippen LogP) is 4.64. The molecule has 19 heavy (non-hydrogen) atoms. The Balaban J connectivity index is 0.00000133. The average Bonchev–Trinajstić information content (AvgIpc) is 3.20. The molecule has 2 aromatic rings. The summed E-state index contributed by atoms with van der Waals surface area (Å²) in [7, 11) is 2.04. The van der Waals surface area contributed by atoms with Crippen molar-refractivity contribution in [1.82, 2.24) is 5.32 Å². The van der Waals surface area contributed by atoms with Crippen LogP contribution in [0.1, 0.15) is 18.4 Å². The molecule has 2 aromatic carbocycles. The van der Waals surface area contributed by atoms with Gasteiger partial charge in [0, 0.05) is 10.6 Å². The first kappa shape index (κ1) is 14.4. The maximum Gasteiger partial charge on any atom is 0.0434 e. The molecule has 1 fully saturated rings. The fourth-order valence-corrected chi connectivity index (χ4v) is 2.66. The molecule has 1 nitrogen and oxygen atoms in total. The summed E-state index contributed by atoms with van der Waals surface area (Å²) in [6, 6.07) is 16.8. The van der Waals surface area contributed by atoms with Crippen LogP contribution in [0.15, 0.2) is 48.5 Å². The highest BCUT2D eigenvalue weighted by Gasteiger charge is 2.42. The summed E-state index contributed by atoms with van der Waals surface area (Å²) < 4.78 is 0. The summed E-state index contributed by atoms with van der Waals surface area (Å²) in [4.78, 5) is 0. The summed E-state index contributed by atoms with van der Waals surface area (Å²) in [6.07, 6.45) is 2.45. The predicted molar refractivity (Wildman–Crippen MR) is 84.1 cm³/mol. The Morgan fingerprint density at radius 1 is 1.00 bits per heavy atom. The molecule has 1 aliphatic rings. The molecular weight excluding hydrogens is 277 g/mol. The SMILES string of the molecule is CNC1(c2cccc(-c3cccc(Cl)c3)c2)CC1.Cl. The van der Waals surface area contributed by atoms with Crippen LogP contribution in [0, 0.1) is 0 Å². The molecule has 100 valence electrons. The highest BCUT2D eigenvalue weighted by atomic mass is 35.5. The molecule has 0 radical (unpaired) electrons. The van der Waals surface area contributed by atoms with Crippen LogP contribution in [-0.2, 0) is 5.54 Å². The largest absolute Gasteiger partial charge is 0.310 e. The van der Waals surface area contributed by atoms with Gasteiger partial charge in [-0.2, -0.15) is 0 Å². The van der Waals surface area contributed by atoms with E-state index in [1.54, 1.807) is 0 Å². The van der Waals surface area contributed by atoms with Crippen molar-refractivity contribution < 1.29 is 0 Å². The van der Waals surface area contributed by atoms with Gasteiger partial charge in [-0.1, -0.05) is 41.9 Å². The van der Waals surface area contributed by atoms with E-state index >= 15 is 0 Å². The molecule has 3 rings (SSSR count). The minimum absolute atomic E-state index is 0. The van der Waals surface area contributed by atoms with Crippen LogP contribution in [0.25, 0.3) is 11.1 Å². The Morgan fingerprint density at radius 2 is 1.63 bits per heavy atom. The minimum Gasteiger partial charge on any atom is -0.310 e. The number of hydrogen-bond acceptors (Lipinski definition) is 1. The van der Waals surface area contributed by atoms with Gasteiger partial charge in [0.15, 0.2) is 0 Å². The number of hydrogen-bond donors (Lipinski definition) is 1. The lowest BCUT2D eigenvalue weighted by Crippen LogP contribution is -2.24. The van der Waals surface area contributed by atoms with Crippen molar-refractivity contribution in [3.05, 3.63) is 59.1 Å². The van der Waals surface area contributed by atoms with E-state index in [-0.39, 0.29) is 17.9 Å². The Hall–Kier alpha value is -1.02. The van der Waals surface area contributed by atoms with Gasteiger partial charge < -0.3 is 5.32 Å². The fraction of sp³-hybridized carbons (Fsp3) is 0.250. The van der Waals surface area contributed by atoms with Crippen molar-refractivity contribution in [3.63, 3.8) is 0 Å². The van der Waals surface area contributed by atoms with Crippen molar-refractivity contribution in [1.29, 1.82) is 0 Å². The second-order valence-electron chi connectivity index (χ2n) is 4.92. The van der Waals surface area contributed by atoms with Gasteiger partial charge in [-0.3, -0.25) is 0 Å². The van der Waals surface area contributed by atoms with Crippen molar-refractivity contribution in [2.24, 2.45) is 0 Å². The normalized spacial score (nSPS) is 15.7. The Morgan fingerprint density at radius 3 is 2.21 bits per heavy atom. The van der Waals surface area contributed by atoms with E-state index in [1.165, 1.54) is 29.5 Å². The van der Waals surface area contributed by atoms with Gasteiger partial charge in [-0.05, 0) is 54.8 Å². The topological polar surface area (TPSA) is 12.0 Å². The molecule has 0 aliphatic heterocycles. The smallest absolute Gasteiger partial charge is 0.0434 e. The molecule has 1 saturated carbocycles. The van der Waals surface area contributed by atoms with E-state index in [0.717, 1.165) is 5.02 Å². The van der Waals surface area contributed by atoms with Gasteiger partial charge in [0.05, 0.1) is 0 Å². The van der Waals surface area contributed by atoms with E-state index in [4.69, 9.17) is 11.6 Å². The lowest BCUT2D eigenvalue weighted by atomic mass is 9.98. The minimum atomic E-state index is 0. The van der Waals surface area contributed by atoms with Gasteiger partial charge in [0.25, 0.3) is 0 Å². The third kappa shape index (κ3) is 2.79. The number of rotatable bonds is 3. The monoisotopic (exact) mass is 293 g/mol. The molecule has 0 bridgehead atoms. The second kappa shape index (κ2) is 5.54. The zero-order valence-corrected chi connectivity index (χ0v) is 12.4. The number of benzene rings is 2. The van der Waals surface area contributed by atoms with Crippen LogP contribution in [0.2, 0.25) is 5.02 Å². The van der Waals surface area contributed by atoms with Crippen LogP contribution in [0.4, 0.5) is 0 Å². The molecule has 3 heteroatoms. The molecule has 0 saturated heterocycles. The standard InChI is InChI=1S/C16H16ClN.ClH/c1-18-16(8-9-16)14-6-2-4-12(10-14)13-5-3-7-15(17)11-13;/h2-7,10-11,18H,8-9H2,1H3;1H. The van der Waals surface area contributed by atoms with E-state index < -0.39 is 0 Å². The zero-order chi connectivity index (χ0) is 12.6. The van der Waals surface area contributed by atoms with E-state index in [9.17, 15) is 0 Å². The molecule has 0 amide bonds. The molecular formula is C16H17Cl2N. The molecule has 0 atom stereocenters. The third-order valence-electron chi connectivity index (χ3n) is 3.80.